The van der Waals surface area contributed by atoms with Crippen LogP contribution in [0.25, 0.3) is 0 Å². The third-order valence-electron chi connectivity index (χ3n) is 16.7. The van der Waals surface area contributed by atoms with E-state index in [4.69, 9.17) is 42.6 Å². The molecule has 0 saturated carbocycles. The van der Waals surface area contributed by atoms with Crippen LogP contribution >= 0.6 is 7.82 Å². The number of ether oxygens (including phenoxy) is 9. The van der Waals surface area contributed by atoms with Gasteiger partial charge in [-0.1, -0.05) is 131 Å². The summed E-state index contributed by atoms with van der Waals surface area (Å²) in [6, 6.07) is 0. The molecule has 3 saturated heterocycles. The monoisotopic (exact) mass is 1430 g/mol. The number of carbonyl (C=O) groups excluding carboxylic acids is 5. The smallest absolute Gasteiger partial charge is 0.394 e. The zero-order valence-electron chi connectivity index (χ0n) is 53.5. The topological polar surface area (TPSA) is 418 Å². The van der Waals surface area contributed by atoms with Crippen molar-refractivity contribution in [2.45, 2.75) is 294 Å². The van der Waals surface area contributed by atoms with E-state index < -0.39 is 149 Å². The fourth-order valence-electron chi connectivity index (χ4n) is 10.7. The quantitative estimate of drug-likeness (QED) is 0.0128. The number of hydrogen-bond acceptors (Lipinski definition) is 26. The Balaban J connectivity index is -0.00000403. The van der Waals surface area contributed by atoms with Gasteiger partial charge in [-0.15, -0.1) is 0 Å². The van der Waals surface area contributed by atoms with Gasteiger partial charge < -0.3 is 98.8 Å². The van der Waals surface area contributed by atoms with E-state index in [1.165, 1.54) is 0 Å². The molecule has 3 aliphatic rings. The SMILES string of the molecule is C.C.C.C.C.C.C.COP(=O)(O)OCNC(=O)CC(=O)CC(COCCC(=O)CCCCCCCO[C@@H]1OC(CO)[C@H](O)[C@H](O)C1C)(COCCC(=O)CCCCCCCO[C@@H]1OC(CO)[C@H](O)[C@H](O)C1C)COCCC(=O)CCCCCCCO[C@@H]1OC(CO)[C@H](O)[C@H](O)C1C. The van der Waals surface area contributed by atoms with Crippen LogP contribution in [0.2, 0.25) is 0 Å². The summed E-state index contributed by atoms with van der Waals surface area (Å²) in [4.78, 5) is 75.2. The van der Waals surface area contributed by atoms with E-state index in [1.54, 1.807) is 20.8 Å². The van der Waals surface area contributed by atoms with Gasteiger partial charge in [0.1, 0.15) is 66.5 Å². The van der Waals surface area contributed by atoms with Crippen molar-refractivity contribution in [1.82, 2.24) is 5.32 Å². The molecule has 3 heterocycles. The van der Waals surface area contributed by atoms with Crippen LogP contribution < -0.4 is 5.32 Å². The van der Waals surface area contributed by atoms with Gasteiger partial charge in [0.2, 0.25) is 5.91 Å². The molecule has 0 aromatic rings. The maximum atomic E-state index is 13.7. The van der Waals surface area contributed by atoms with E-state index >= 15 is 0 Å². The van der Waals surface area contributed by atoms with Crippen molar-refractivity contribution in [3.63, 3.8) is 0 Å². The lowest BCUT2D eigenvalue weighted by atomic mass is 9.84. The number of amides is 1. The maximum absolute atomic E-state index is 13.7. The molecule has 0 aliphatic carbocycles. The highest BCUT2D eigenvalue weighted by Gasteiger charge is 2.45. The summed E-state index contributed by atoms with van der Waals surface area (Å²) in [5, 5.41) is 91.8. The van der Waals surface area contributed by atoms with E-state index in [9.17, 15) is 79.4 Å². The summed E-state index contributed by atoms with van der Waals surface area (Å²) in [6.07, 6.45) is -0.684. The fraction of sp³-hybridized carbons (Fsp3) is 0.926. The molecule has 0 spiro atoms. The summed E-state index contributed by atoms with van der Waals surface area (Å²) in [6.45, 7) is 3.47. The molecule has 3 rings (SSSR count). The van der Waals surface area contributed by atoms with Crippen LogP contribution in [0.5, 0.6) is 0 Å². The minimum atomic E-state index is -4.44. The summed E-state index contributed by atoms with van der Waals surface area (Å²) in [5.74, 6) is -3.01. The maximum Gasteiger partial charge on any atom is 0.473 e. The number of unbranched alkanes of at least 4 members (excludes halogenated alkanes) is 12. The Morgan fingerprint density at radius 2 is 0.711 bits per heavy atom. The first-order valence-corrected chi connectivity index (χ1v) is 33.8. The third kappa shape index (κ3) is 40.3. The van der Waals surface area contributed by atoms with E-state index in [-0.39, 0.29) is 135 Å². The van der Waals surface area contributed by atoms with E-state index in [0.717, 1.165) is 64.9 Å². The third-order valence-corrected chi connectivity index (χ3v) is 17.6. The van der Waals surface area contributed by atoms with Gasteiger partial charge in [0.25, 0.3) is 0 Å². The predicted molar refractivity (Wildman–Crippen MR) is 368 cm³/mol. The lowest BCUT2D eigenvalue weighted by molar-refractivity contribution is -0.282. The number of nitrogens with one attached hydrogen (secondary N) is 1. The van der Waals surface area contributed by atoms with Gasteiger partial charge in [-0.3, -0.25) is 33.0 Å². The van der Waals surface area contributed by atoms with Crippen molar-refractivity contribution in [3.8, 4) is 0 Å². The molecule has 1 amide bonds. The number of aliphatic hydroxyl groups excluding tert-OH is 9. The number of carbonyl (C=O) groups is 5. The number of ketones is 4. The lowest BCUT2D eigenvalue weighted by Crippen LogP contribution is -2.55. The number of hydrogen-bond donors (Lipinski definition) is 11. The van der Waals surface area contributed by atoms with Crippen LogP contribution in [-0.2, 0) is 80.2 Å². The van der Waals surface area contributed by atoms with Crippen molar-refractivity contribution >= 4 is 36.9 Å². The standard InChI is InChI=1S/C61H110NO27P.7CH4/c1-41-52(71)55(74)48(34-63)87-58(41)83-26-17-11-5-8-14-20-44(66)23-29-80-37-61(33-47(69)32-51(70)62-40-86-90(77,78)79-4,38-81-30-24-45(67)21-15-9-6-12-18-27-84-59-42(2)53(72)56(75)49(35-64)88-59)39-82-31-25-46(68)22-16-10-7-13-19-28-85-60-43(3)54(73)57(76)50(36-65)89-60;;;;;;;/h41-43,48-50,52-60,63-65,71-76H,5-40H2,1-4H3,(H,62,70)(H,77,78);7*1H4/t41?,42?,43?,48?,49?,50?,52-,53-,54-,55+,56+,57+,58-,59-,60-,61?;;;;;;;/m1......./s1. The number of rotatable bonds is 53. The van der Waals surface area contributed by atoms with Gasteiger partial charge in [0.15, 0.2) is 18.9 Å². The Bertz CT molecular complexity index is 1870. The van der Waals surface area contributed by atoms with E-state index in [0.29, 0.717) is 77.6 Å². The number of phosphoric acid groups is 1. The summed E-state index contributed by atoms with van der Waals surface area (Å²) >= 11 is 0. The highest BCUT2D eigenvalue weighted by atomic mass is 31.2. The Morgan fingerprint density at radius 3 is 1.00 bits per heavy atom. The van der Waals surface area contributed by atoms with Crippen molar-refractivity contribution in [1.29, 1.82) is 0 Å². The Kier molecular flexibility index (Phi) is 61.7. The van der Waals surface area contributed by atoms with Gasteiger partial charge in [-0.05, 0) is 38.5 Å². The second-order valence-corrected chi connectivity index (χ2v) is 25.9. The zero-order chi connectivity index (χ0) is 66.5. The first-order valence-electron chi connectivity index (χ1n) is 32.3. The Labute approximate surface area is 581 Å². The van der Waals surface area contributed by atoms with Gasteiger partial charge in [-0.2, -0.15) is 0 Å². The van der Waals surface area contributed by atoms with Crippen molar-refractivity contribution in [2.75, 3.05) is 93.1 Å². The van der Waals surface area contributed by atoms with Crippen LogP contribution in [0, 0.1) is 23.2 Å². The molecule has 0 radical (unpaired) electrons. The first-order chi connectivity index (χ1) is 43.0. The molecular weight excluding hydrogens is 1290 g/mol. The molecule has 582 valence electrons. The van der Waals surface area contributed by atoms with E-state index in [2.05, 4.69) is 14.4 Å². The second-order valence-electron chi connectivity index (χ2n) is 24.3. The minimum Gasteiger partial charge on any atom is -0.394 e. The summed E-state index contributed by atoms with van der Waals surface area (Å²) in [7, 11) is -3.49. The molecule has 3 aliphatic heterocycles. The van der Waals surface area contributed by atoms with Gasteiger partial charge in [0, 0.05) is 95.0 Å². The molecule has 29 heteroatoms. The molecule has 97 heavy (non-hydrogen) atoms. The average Bonchev–Trinajstić information content (AvgIpc) is 0.872. The Morgan fingerprint density at radius 1 is 0.423 bits per heavy atom. The lowest BCUT2D eigenvalue weighted by Gasteiger charge is -2.40. The van der Waals surface area contributed by atoms with Gasteiger partial charge in [-0.25, -0.2) is 4.57 Å². The Hall–Kier alpha value is -2.46. The van der Waals surface area contributed by atoms with Crippen molar-refractivity contribution in [2.24, 2.45) is 23.2 Å². The van der Waals surface area contributed by atoms with Crippen LogP contribution in [0.1, 0.15) is 220 Å². The zero-order valence-corrected chi connectivity index (χ0v) is 54.4. The number of aliphatic hydroxyl groups is 9. The van der Waals surface area contributed by atoms with Crippen LogP contribution in [0.4, 0.5) is 0 Å². The highest BCUT2D eigenvalue weighted by Crippen LogP contribution is 2.41. The normalized spacial score (nSPS) is 26.4. The first kappa shape index (κ1) is 103. The number of phosphoric ester groups is 1. The fourth-order valence-corrected chi connectivity index (χ4v) is 11.1. The molecule has 0 bridgehead atoms. The largest absolute Gasteiger partial charge is 0.473 e. The molecule has 16 atom stereocenters. The summed E-state index contributed by atoms with van der Waals surface area (Å²) in [5.41, 5.74) is -1.27. The van der Waals surface area contributed by atoms with Crippen LogP contribution in [-0.4, -0.2) is 247 Å². The molecule has 28 nitrogen and oxygen atoms in total. The molecule has 0 aromatic heterocycles. The highest BCUT2D eigenvalue weighted by molar-refractivity contribution is 7.47. The molecule has 11 N–H and O–H groups in total. The molecule has 7 unspecified atom stereocenters. The van der Waals surface area contributed by atoms with E-state index in [1.807, 2.05) is 0 Å². The van der Waals surface area contributed by atoms with Crippen molar-refractivity contribution in [3.05, 3.63) is 0 Å². The molecule has 0 aromatic carbocycles. The van der Waals surface area contributed by atoms with Gasteiger partial charge >= 0.3 is 7.82 Å². The number of Topliss-reactive ketones (excluding diaryl/α,β-unsaturated/α-hetero) is 4. The van der Waals surface area contributed by atoms with Gasteiger partial charge in [0.05, 0.1) is 84.2 Å². The average molecular weight is 1430 g/mol. The molecular formula is C68H138NO27P. The second kappa shape index (κ2) is 58.0. The minimum absolute atomic E-state index is 0. The van der Waals surface area contributed by atoms with Crippen LogP contribution in [0.15, 0.2) is 0 Å². The molecule has 3 fully saturated rings. The predicted octanol–water partition coefficient (Wildman–Crippen LogP) is 6.84. The van der Waals surface area contributed by atoms with Crippen LogP contribution in [0.3, 0.4) is 0 Å². The van der Waals surface area contributed by atoms with Crippen molar-refractivity contribution < 1.29 is 131 Å². The summed E-state index contributed by atoms with van der Waals surface area (Å²) < 4.78 is 73.3.